The van der Waals surface area contributed by atoms with Crippen molar-refractivity contribution in [3.63, 3.8) is 0 Å². The number of benzene rings is 1. The summed E-state index contributed by atoms with van der Waals surface area (Å²) in [5.41, 5.74) is 3.15. The summed E-state index contributed by atoms with van der Waals surface area (Å²) in [6, 6.07) is 9.45. The number of rotatable bonds is 0. The molecule has 0 N–H and O–H groups in total. The van der Waals surface area contributed by atoms with Crippen molar-refractivity contribution in [1.29, 1.82) is 0 Å². The van der Waals surface area contributed by atoms with Gasteiger partial charge in [0.05, 0.1) is 16.7 Å². The van der Waals surface area contributed by atoms with Crippen LogP contribution in [0.5, 0.6) is 5.88 Å². The van der Waals surface area contributed by atoms with E-state index in [9.17, 15) is 0 Å². The van der Waals surface area contributed by atoms with Crippen LogP contribution in [0.15, 0.2) is 30.3 Å². The summed E-state index contributed by atoms with van der Waals surface area (Å²) < 4.78 is 7.21. The molecule has 5 nitrogen and oxygen atoms in total. The Morgan fingerprint density at radius 2 is 1.94 bits per heavy atom. The van der Waals surface area contributed by atoms with Crippen LogP contribution in [-0.2, 0) is 6.73 Å². The van der Waals surface area contributed by atoms with Crippen molar-refractivity contribution >= 4 is 22.6 Å². The lowest BCUT2D eigenvalue weighted by molar-refractivity contribution is 0.205. The van der Waals surface area contributed by atoms with Gasteiger partial charge in [0.2, 0.25) is 5.88 Å². The third-order valence-corrected chi connectivity index (χ3v) is 3.04. The molecule has 0 spiro atoms. The Balaban J connectivity index is 2.05. The molecule has 0 saturated carbocycles. The highest BCUT2D eigenvalue weighted by molar-refractivity contribution is 6.29. The number of aromatic nitrogens is 4. The van der Waals surface area contributed by atoms with Gasteiger partial charge in [-0.2, -0.15) is 5.10 Å². The minimum absolute atomic E-state index is 0.308. The van der Waals surface area contributed by atoms with Crippen LogP contribution in [0.2, 0.25) is 5.15 Å². The second-order valence-corrected chi connectivity index (χ2v) is 4.38. The molecule has 1 aliphatic rings. The van der Waals surface area contributed by atoms with Gasteiger partial charge < -0.3 is 4.74 Å². The maximum Gasteiger partial charge on any atom is 0.244 e. The summed E-state index contributed by atoms with van der Waals surface area (Å²) in [6.07, 6.45) is 0. The molecule has 6 heteroatoms. The van der Waals surface area contributed by atoms with Gasteiger partial charge in [-0.1, -0.05) is 23.7 Å². The number of fused-ring (bicyclic) bond motifs is 4. The van der Waals surface area contributed by atoms with Gasteiger partial charge in [-0.3, -0.25) is 0 Å². The van der Waals surface area contributed by atoms with E-state index in [2.05, 4.69) is 15.1 Å². The van der Waals surface area contributed by atoms with Gasteiger partial charge in [0, 0.05) is 6.07 Å². The Morgan fingerprint density at radius 3 is 2.78 bits per heavy atom. The third-order valence-electron chi connectivity index (χ3n) is 2.85. The first-order chi connectivity index (χ1) is 8.81. The Labute approximate surface area is 107 Å². The Hall–Kier alpha value is -2.14. The molecule has 0 amide bonds. The van der Waals surface area contributed by atoms with Gasteiger partial charge in [-0.05, 0) is 12.1 Å². The molecule has 4 rings (SSSR count). The number of ether oxygens (including phenoxy) is 1. The van der Waals surface area contributed by atoms with E-state index in [4.69, 9.17) is 16.3 Å². The third kappa shape index (κ3) is 1.31. The van der Waals surface area contributed by atoms with Gasteiger partial charge in [0.25, 0.3) is 0 Å². The predicted octanol–water partition coefficient (Wildman–Crippen LogP) is 2.50. The molecular weight excluding hydrogens is 252 g/mol. The first kappa shape index (κ1) is 9.85. The highest BCUT2D eigenvalue weighted by Gasteiger charge is 2.22. The fourth-order valence-electron chi connectivity index (χ4n) is 2.05. The summed E-state index contributed by atoms with van der Waals surface area (Å²) >= 11 is 5.90. The summed E-state index contributed by atoms with van der Waals surface area (Å²) in [6.45, 7) is 0.308. The molecular formula is C12H7ClN4O. The van der Waals surface area contributed by atoms with Gasteiger partial charge in [0.15, 0.2) is 17.6 Å². The molecule has 0 aliphatic carbocycles. The summed E-state index contributed by atoms with van der Waals surface area (Å²) in [4.78, 5) is 9.02. The van der Waals surface area contributed by atoms with E-state index in [1.165, 1.54) is 0 Å². The number of hydrogen-bond acceptors (Lipinski definition) is 4. The summed E-state index contributed by atoms with van der Waals surface area (Å²) in [7, 11) is 0. The van der Waals surface area contributed by atoms with E-state index in [-0.39, 0.29) is 0 Å². The zero-order valence-electron chi connectivity index (χ0n) is 9.17. The average Bonchev–Trinajstić information content (AvgIpc) is 2.77. The standard InChI is InChI=1S/C12H7ClN4O/c13-10-5-9-11-12(18-6-17(9)16-10)15-8-4-2-1-3-7(8)14-11/h1-5H,6H2. The van der Waals surface area contributed by atoms with Crippen LogP contribution >= 0.6 is 11.6 Å². The minimum Gasteiger partial charge on any atom is -0.453 e. The van der Waals surface area contributed by atoms with Gasteiger partial charge in [-0.25, -0.2) is 14.6 Å². The van der Waals surface area contributed by atoms with Gasteiger partial charge in [-0.15, -0.1) is 0 Å². The molecule has 0 bridgehead atoms. The quantitative estimate of drug-likeness (QED) is 0.622. The van der Waals surface area contributed by atoms with Gasteiger partial charge in [0.1, 0.15) is 0 Å². The topological polar surface area (TPSA) is 52.8 Å². The van der Waals surface area contributed by atoms with Gasteiger partial charge >= 0.3 is 0 Å². The zero-order valence-corrected chi connectivity index (χ0v) is 9.92. The van der Waals surface area contributed by atoms with E-state index >= 15 is 0 Å². The lowest BCUT2D eigenvalue weighted by atomic mass is 10.2. The molecule has 18 heavy (non-hydrogen) atoms. The van der Waals surface area contributed by atoms with E-state index in [1.54, 1.807) is 10.7 Å². The van der Waals surface area contributed by atoms with Crippen molar-refractivity contribution in [1.82, 2.24) is 19.7 Å². The molecule has 0 radical (unpaired) electrons. The molecule has 1 aliphatic heterocycles. The van der Waals surface area contributed by atoms with Crippen LogP contribution in [0.1, 0.15) is 0 Å². The Kier molecular flexibility index (Phi) is 1.87. The van der Waals surface area contributed by atoms with E-state index in [0.717, 1.165) is 16.7 Å². The number of halogens is 1. The van der Waals surface area contributed by atoms with E-state index in [1.807, 2.05) is 24.3 Å². The fourth-order valence-corrected chi connectivity index (χ4v) is 2.24. The first-order valence-electron chi connectivity index (χ1n) is 5.44. The molecule has 3 aromatic rings. The molecule has 2 aromatic heterocycles. The lowest BCUT2D eigenvalue weighted by Crippen LogP contribution is -2.15. The number of hydrogen-bond donors (Lipinski definition) is 0. The molecule has 88 valence electrons. The van der Waals surface area contributed by atoms with E-state index in [0.29, 0.717) is 23.5 Å². The molecule has 3 heterocycles. The maximum absolute atomic E-state index is 5.90. The van der Waals surface area contributed by atoms with Crippen LogP contribution in [0.25, 0.3) is 22.4 Å². The fraction of sp³-hybridized carbons (Fsp3) is 0.0833. The largest absolute Gasteiger partial charge is 0.453 e. The van der Waals surface area contributed by atoms with Crippen LogP contribution in [0.3, 0.4) is 0 Å². The van der Waals surface area contributed by atoms with Crippen LogP contribution < -0.4 is 4.74 Å². The van der Waals surface area contributed by atoms with Crippen LogP contribution in [0.4, 0.5) is 0 Å². The van der Waals surface area contributed by atoms with Crippen molar-refractivity contribution in [2.45, 2.75) is 6.73 Å². The summed E-state index contributed by atoms with van der Waals surface area (Å²) in [5, 5.41) is 4.55. The van der Waals surface area contributed by atoms with Crippen molar-refractivity contribution in [2.75, 3.05) is 0 Å². The maximum atomic E-state index is 5.90. The molecule has 0 fully saturated rings. The normalized spacial score (nSPS) is 12.9. The molecule has 1 aromatic carbocycles. The SMILES string of the molecule is Clc1cc2n(n1)COc1nc3ccccc3nc1-2. The molecule has 0 atom stereocenters. The lowest BCUT2D eigenvalue weighted by Gasteiger charge is -2.17. The monoisotopic (exact) mass is 258 g/mol. The van der Waals surface area contributed by atoms with Crippen molar-refractivity contribution in [3.05, 3.63) is 35.5 Å². The second-order valence-electron chi connectivity index (χ2n) is 3.99. The van der Waals surface area contributed by atoms with Crippen LogP contribution in [-0.4, -0.2) is 19.7 Å². The Bertz CT molecular complexity index is 768. The van der Waals surface area contributed by atoms with Crippen LogP contribution in [0, 0.1) is 0 Å². The average molecular weight is 259 g/mol. The number of nitrogens with zero attached hydrogens (tertiary/aromatic N) is 4. The molecule has 0 unspecified atom stereocenters. The smallest absolute Gasteiger partial charge is 0.244 e. The summed E-state index contributed by atoms with van der Waals surface area (Å²) in [5.74, 6) is 0.526. The molecule has 0 saturated heterocycles. The predicted molar refractivity (Wildman–Crippen MR) is 66.4 cm³/mol. The minimum atomic E-state index is 0.308. The van der Waals surface area contributed by atoms with Crippen molar-refractivity contribution < 1.29 is 4.74 Å². The first-order valence-corrected chi connectivity index (χ1v) is 5.82. The van der Waals surface area contributed by atoms with Crippen molar-refractivity contribution in [3.8, 4) is 17.3 Å². The highest BCUT2D eigenvalue weighted by Crippen LogP contribution is 2.33. The second kappa shape index (κ2) is 3.43. The highest BCUT2D eigenvalue weighted by atomic mass is 35.5. The zero-order chi connectivity index (χ0) is 12.1. The Morgan fingerprint density at radius 1 is 1.17 bits per heavy atom. The van der Waals surface area contributed by atoms with Crippen molar-refractivity contribution in [2.24, 2.45) is 0 Å². The van der Waals surface area contributed by atoms with E-state index < -0.39 is 0 Å². The number of para-hydroxylation sites is 2.